The van der Waals surface area contributed by atoms with Gasteiger partial charge in [0.1, 0.15) is 6.07 Å². The van der Waals surface area contributed by atoms with E-state index < -0.39 is 16.1 Å². The molecule has 0 spiro atoms. The maximum atomic E-state index is 13.1. The summed E-state index contributed by atoms with van der Waals surface area (Å²) in [6.07, 6.45) is 1.89. The number of hydrogen-bond donors (Lipinski definition) is 1. The van der Waals surface area contributed by atoms with E-state index in [4.69, 9.17) is 4.74 Å². The highest BCUT2D eigenvalue weighted by Gasteiger charge is 2.43. The lowest BCUT2D eigenvalue weighted by Crippen LogP contribution is -2.53. The standard InChI is InChI=1S/C16H20N2O4S/c17-10-12-4-1-2-7-16(12)23(20,21)18-8-9-22-11-14(18)13-5-3-6-15(13)19/h1-2,4,7,13-15,19H,3,5-6,8-9,11H2/t13-,14-,15-/m1/s1. The van der Waals surface area contributed by atoms with Crippen molar-refractivity contribution in [1.82, 2.24) is 4.31 Å². The van der Waals surface area contributed by atoms with Gasteiger partial charge in [0.25, 0.3) is 0 Å². The molecule has 1 saturated heterocycles. The van der Waals surface area contributed by atoms with Gasteiger partial charge in [-0.2, -0.15) is 9.57 Å². The molecule has 1 heterocycles. The normalized spacial score (nSPS) is 29.3. The van der Waals surface area contributed by atoms with Crippen LogP contribution in [0.25, 0.3) is 0 Å². The summed E-state index contributed by atoms with van der Waals surface area (Å²) in [7, 11) is -3.80. The van der Waals surface area contributed by atoms with Crippen molar-refractivity contribution in [3.63, 3.8) is 0 Å². The first-order valence-electron chi connectivity index (χ1n) is 7.82. The van der Waals surface area contributed by atoms with Gasteiger partial charge in [-0.3, -0.25) is 0 Å². The Bertz CT molecular complexity index is 713. The van der Waals surface area contributed by atoms with E-state index in [-0.39, 0.29) is 35.6 Å². The van der Waals surface area contributed by atoms with Crippen molar-refractivity contribution in [2.24, 2.45) is 5.92 Å². The fourth-order valence-electron chi connectivity index (χ4n) is 3.57. The quantitative estimate of drug-likeness (QED) is 0.893. The van der Waals surface area contributed by atoms with Crippen LogP contribution >= 0.6 is 0 Å². The van der Waals surface area contributed by atoms with Gasteiger partial charge < -0.3 is 9.84 Å². The van der Waals surface area contributed by atoms with Crippen LogP contribution in [0.15, 0.2) is 29.2 Å². The Morgan fingerprint density at radius 3 is 2.78 bits per heavy atom. The summed E-state index contributed by atoms with van der Waals surface area (Å²) in [5.74, 6) is -0.112. The van der Waals surface area contributed by atoms with E-state index in [0.29, 0.717) is 13.0 Å². The minimum absolute atomic E-state index is 0.0295. The van der Waals surface area contributed by atoms with Gasteiger partial charge in [-0.15, -0.1) is 0 Å². The molecule has 0 radical (unpaired) electrons. The van der Waals surface area contributed by atoms with E-state index in [1.807, 2.05) is 6.07 Å². The van der Waals surface area contributed by atoms with Crippen molar-refractivity contribution in [3.05, 3.63) is 29.8 Å². The largest absolute Gasteiger partial charge is 0.393 e. The molecule has 1 saturated carbocycles. The Labute approximate surface area is 136 Å². The van der Waals surface area contributed by atoms with Crippen LogP contribution in [0.2, 0.25) is 0 Å². The first kappa shape index (κ1) is 16.4. The second-order valence-corrected chi connectivity index (χ2v) is 7.89. The van der Waals surface area contributed by atoms with E-state index in [1.54, 1.807) is 12.1 Å². The van der Waals surface area contributed by atoms with Crippen LogP contribution in [0.3, 0.4) is 0 Å². The van der Waals surface area contributed by atoms with Crippen LogP contribution < -0.4 is 0 Å². The zero-order valence-electron chi connectivity index (χ0n) is 12.8. The van der Waals surface area contributed by atoms with Gasteiger partial charge in [-0.05, 0) is 25.0 Å². The molecule has 1 aliphatic carbocycles. The predicted molar refractivity (Wildman–Crippen MR) is 83.0 cm³/mol. The zero-order valence-corrected chi connectivity index (χ0v) is 13.6. The third-order valence-corrected chi connectivity index (χ3v) is 6.72. The van der Waals surface area contributed by atoms with Crippen molar-refractivity contribution in [2.45, 2.75) is 36.3 Å². The monoisotopic (exact) mass is 336 g/mol. The topological polar surface area (TPSA) is 90.6 Å². The number of aliphatic hydroxyl groups excluding tert-OH is 1. The summed E-state index contributed by atoms with van der Waals surface area (Å²) in [6, 6.07) is 7.81. The number of aliphatic hydroxyl groups is 1. The Kier molecular flexibility index (Phi) is 4.69. The number of ether oxygens (including phenoxy) is 1. The summed E-state index contributed by atoms with van der Waals surface area (Å²) in [5, 5.41) is 19.4. The molecule has 2 fully saturated rings. The van der Waals surface area contributed by atoms with Gasteiger partial charge in [0, 0.05) is 12.5 Å². The number of hydrogen-bond acceptors (Lipinski definition) is 5. The summed E-state index contributed by atoms with van der Waals surface area (Å²) in [6.45, 7) is 0.860. The SMILES string of the molecule is N#Cc1ccccc1S(=O)(=O)N1CCOC[C@@H]1[C@H]1CCC[C@H]1O. The summed E-state index contributed by atoms with van der Waals surface area (Å²) in [5.41, 5.74) is 0.143. The summed E-state index contributed by atoms with van der Waals surface area (Å²) < 4.78 is 33.1. The fourth-order valence-corrected chi connectivity index (χ4v) is 5.35. The first-order chi connectivity index (χ1) is 11.1. The molecule has 1 N–H and O–H groups in total. The van der Waals surface area contributed by atoms with Crippen molar-refractivity contribution in [1.29, 1.82) is 5.26 Å². The lowest BCUT2D eigenvalue weighted by molar-refractivity contribution is -0.0148. The molecule has 6 nitrogen and oxygen atoms in total. The number of nitrogens with zero attached hydrogens (tertiary/aromatic N) is 2. The van der Waals surface area contributed by atoms with E-state index >= 15 is 0 Å². The smallest absolute Gasteiger partial charge is 0.244 e. The molecule has 0 aromatic heterocycles. The second-order valence-electron chi connectivity index (χ2n) is 6.03. The lowest BCUT2D eigenvalue weighted by atomic mass is 9.96. The predicted octanol–water partition coefficient (Wildman–Crippen LogP) is 1.11. The van der Waals surface area contributed by atoms with Gasteiger partial charge in [0.05, 0.1) is 35.8 Å². The molecular weight excluding hydrogens is 316 g/mol. The van der Waals surface area contributed by atoms with E-state index in [9.17, 15) is 18.8 Å². The second kappa shape index (κ2) is 6.57. The van der Waals surface area contributed by atoms with E-state index in [2.05, 4.69) is 0 Å². The van der Waals surface area contributed by atoms with Crippen LogP contribution in [-0.2, 0) is 14.8 Å². The average Bonchev–Trinajstić information content (AvgIpc) is 3.00. The molecule has 0 unspecified atom stereocenters. The minimum Gasteiger partial charge on any atom is -0.393 e. The number of rotatable bonds is 3. The van der Waals surface area contributed by atoms with Crippen molar-refractivity contribution in [2.75, 3.05) is 19.8 Å². The Balaban J connectivity index is 1.98. The highest BCUT2D eigenvalue weighted by Crippen LogP contribution is 2.35. The molecule has 1 aromatic rings. The zero-order chi connectivity index (χ0) is 16.4. The van der Waals surface area contributed by atoms with Gasteiger partial charge in [-0.1, -0.05) is 18.6 Å². The summed E-state index contributed by atoms with van der Waals surface area (Å²) in [4.78, 5) is 0.0295. The molecular formula is C16H20N2O4S. The molecule has 2 aliphatic rings. The van der Waals surface area contributed by atoms with E-state index in [0.717, 1.165) is 12.8 Å². The number of sulfonamides is 1. The fraction of sp³-hybridized carbons (Fsp3) is 0.562. The maximum absolute atomic E-state index is 13.1. The highest BCUT2D eigenvalue weighted by molar-refractivity contribution is 7.89. The van der Waals surface area contributed by atoms with Gasteiger partial charge in [0.2, 0.25) is 10.0 Å². The average molecular weight is 336 g/mol. The first-order valence-corrected chi connectivity index (χ1v) is 9.26. The highest BCUT2D eigenvalue weighted by atomic mass is 32.2. The Hall–Kier alpha value is -1.46. The number of morpholine rings is 1. The van der Waals surface area contributed by atoms with Crippen molar-refractivity contribution in [3.8, 4) is 6.07 Å². The molecule has 23 heavy (non-hydrogen) atoms. The summed E-state index contributed by atoms with van der Waals surface area (Å²) >= 11 is 0. The third-order valence-electron chi connectivity index (χ3n) is 4.73. The minimum atomic E-state index is -3.80. The Morgan fingerprint density at radius 1 is 1.30 bits per heavy atom. The molecule has 1 aliphatic heterocycles. The van der Waals surface area contributed by atoms with Crippen molar-refractivity contribution >= 4 is 10.0 Å². The lowest BCUT2D eigenvalue weighted by Gasteiger charge is -2.39. The van der Waals surface area contributed by atoms with Crippen LogP contribution in [0.1, 0.15) is 24.8 Å². The molecule has 3 atom stereocenters. The molecule has 124 valence electrons. The molecule has 1 aromatic carbocycles. The van der Waals surface area contributed by atoms with Crippen LogP contribution in [0, 0.1) is 17.2 Å². The van der Waals surface area contributed by atoms with Crippen LogP contribution in [-0.4, -0.2) is 49.7 Å². The Morgan fingerprint density at radius 2 is 2.09 bits per heavy atom. The molecule has 0 amide bonds. The van der Waals surface area contributed by atoms with Gasteiger partial charge in [-0.25, -0.2) is 8.42 Å². The molecule has 0 bridgehead atoms. The van der Waals surface area contributed by atoms with Crippen molar-refractivity contribution < 1.29 is 18.3 Å². The molecule has 3 rings (SSSR count). The number of nitriles is 1. The van der Waals surface area contributed by atoms with E-state index in [1.165, 1.54) is 16.4 Å². The van der Waals surface area contributed by atoms with Crippen LogP contribution in [0.4, 0.5) is 0 Å². The molecule has 7 heteroatoms. The van der Waals surface area contributed by atoms with Gasteiger partial charge in [0.15, 0.2) is 0 Å². The number of benzene rings is 1. The third kappa shape index (κ3) is 3.00. The van der Waals surface area contributed by atoms with Crippen LogP contribution in [0.5, 0.6) is 0 Å². The van der Waals surface area contributed by atoms with Gasteiger partial charge >= 0.3 is 0 Å². The maximum Gasteiger partial charge on any atom is 0.244 e.